The van der Waals surface area contributed by atoms with Crippen LogP contribution in [0, 0.1) is 0 Å². The maximum absolute atomic E-state index is 10.1. The third kappa shape index (κ3) is 2.47. The molecule has 0 bridgehead atoms. The molecule has 0 radical (unpaired) electrons. The van der Waals surface area contributed by atoms with Gasteiger partial charge >= 0.3 is 0 Å². The van der Waals surface area contributed by atoms with Crippen molar-refractivity contribution < 1.29 is 19.0 Å². The second kappa shape index (κ2) is 5.24. The van der Waals surface area contributed by atoms with Crippen LogP contribution in [-0.4, -0.2) is 20.7 Å². The van der Waals surface area contributed by atoms with E-state index in [1.165, 1.54) is 7.11 Å². The van der Waals surface area contributed by atoms with Crippen molar-refractivity contribution in [1.82, 2.24) is 0 Å². The van der Waals surface area contributed by atoms with Gasteiger partial charge < -0.3 is 14.2 Å². The minimum Gasteiger partial charge on any atom is -0.497 e. The summed E-state index contributed by atoms with van der Waals surface area (Å²) in [7, 11) is 3.06. The molecule has 1 aromatic carbocycles. The fourth-order valence-corrected chi connectivity index (χ4v) is 1.08. The minimum absolute atomic E-state index is 0.360. The number of benzene rings is 1. The molecule has 4 nitrogen and oxygen atoms in total. The summed E-state index contributed by atoms with van der Waals surface area (Å²) in [5, 5.41) is 0. The highest BCUT2D eigenvalue weighted by molar-refractivity contribution is 5.38. The van der Waals surface area contributed by atoms with E-state index >= 15 is 0 Å². The molecule has 1 aromatic rings. The van der Waals surface area contributed by atoms with Crippen molar-refractivity contribution in [3.8, 4) is 5.75 Å². The molecule has 1 rings (SSSR count). The number of carbonyl (C=O) groups excluding carboxylic acids is 1. The van der Waals surface area contributed by atoms with Crippen LogP contribution in [0.5, 0.6) is 5.75 Å². The highest BCUT2D eigenvalue weighted by atomic mass is 16.7. The first-order valence-corrected chi connectivity index (χ1v) is 4.07. The van der Waals surface area contributed by atoms with Gasteiger partial charge in [-0.2, -0.15) is 0 Å². The van der Waals surface area contributed by atoms with Crippen molar-refractivity contribution in [2.45, 2.75) is 6.29 Å². The molecule has 0 aliphatic rings. The van der Waals surface area contributed by atoms with E-state index < -0.39 is 6.29 Å². The fraction of sp³-hybridized carbons (Fsp3) is 0.300. The Hall–Kier alpha value is -1.55. The van der Waals surface area contributed by atoms with Crippen LogP contribution in [0.25, 0.3) is 0 Å². The standard InChI is InChI=1S/C10H12O4/c1-12-9-5-3-8(4-6-9)10(13-2)14-7-11/h3-7,10H,1-2H3. The first kappa shape index (κ1) is 10.5. The van der Waals surface area contributed by atoms with Crippen LogP contribution in [0.4, 0.5) is 0 Å². The molecular formula is C10H12O4. The summed E-state index contributed by atoms with van der Waals surface area (Å²) in [5.41, 5.74) is 0.764. The Balaban J connectivity index is 2.77. The van der Waals surface area contributed by atoms with Gasteiger partial charge in [-0.05, 0) is 24.3 Å². The van der Waals surface area contributed by atoms with E-state index in [0.29, 0.717) is 6.47 Å². The van der Waals surface area contributed by atoms with Gasteiger partial charge in [0, 0.05) is 12.7 Å². The quantitative estimate of drug-likeness (QED) is 0.529. The zero-order valence-corrected chi connectivity index (χ0v) is 8.10. The normalized spacial score (nSPS) is 11.9. The van der Waals surface area contributed by atoms with Crippen LogP contribution in [0.2, 0.25) is 0 Å². The molecule has 0 saturated heterocycles. The van der Waals surface area contributed by atoms with Gasteiger partial charge in [0.25, 0.3) is 6.47 Å². The number of hydrogen-bond donors (Lipinski definition) is 0. The van der Waals surface area contributed by atoms with Crippen molar-refractivity contribution in [3.63, 3.8) is 0 Å². The topological polar surface area (TPSA) is 44.8 Å². The van der Waals surface area contributed by atoms with Gasteiger partial charge in [0.05, 0.1) is 7.11 Å². The summed E-state index contributed by atoms with van der Waals surface area (Å²) < 4.78 is 14.7. The zero-order chi connectivity index (χ0) is 10.4. The molecule has 14 heavy (non-hydrogen) atoms. The molecule has 0 aliphatic heterocycles. The molecule has 0 aliphatic carbocycles. The van der Waals surface area contributed by atoms with Crippen LogP contribution in [0.15, 0.2) is 24.3 Å². The molecule has 76 valence electrons. The third-order valence-electron chi connectivity index (χ3n) is 1.78. The molecule has 0 N–H and O–H groups in total. The van der Waals surface area contributed by atoms with Crippen molar-refractivity contribution in [3.05, 3.63) is 29.8 Å². The predicted molar refractivity (Wildman–Crippen MR) is 49.9 cm³/mol. The maximum atomic E-state index is 10.1. The van der Waals surface area contributed by atoms with Gasteiger partial charge in [0.1, 0.15) is 5.75 Å². The van der Waals surface area contributed by atoms with Crippen LogP contribution in [0.1, 0.15) is 11.9 Å². The van der Waals surface area contributed by atoms with Gasteiger partial charge in [0.15, 0.2) is 0 Å². The van der Waals surface area contributed by atoms with Gasteiger partial charge in [-0.15, -0.1) is 0 Å². The van der Waals surface area contributed by atoms with Gasteiger partial charge in [0.2, 0.25) is 6.29 Å². The Morgan fingerprint density at radius 1 is 1.21 bits per heavy atom. The summed E-state index contributed by atoms with van der Waals surface area (Å²) in [6.45, 7) is 0.360. The predicted octanol–water partition coefficient (Wildman–Crippen LogP) is 1.51. The van der Waals surface area contributed by atoms with E-state index in [2.05, 4.69) is 0 Å². The lowest BCUT2D eigenvalue weighted by molar-refractivity contribution is -0.159. The van der Waals surface area contributed by atoms with Crippen molar-refractivity contribution >= 4 is 6.47 Å². The molecule has 0 saturated carbocycles. The van der Waals surface area contributed by atoms with Crippen molar-refractivity contribution in [2.75, 3.05) is 14.2 Å². The molecule has 0 amide bonds. The summed E-state index contributed by atoms with van der Waals surface area (Å²) in [6, 6.07) is 7.10. The average Bonchev–Trinajstić information content (AvgIpc) is 2.26. The summed E-state index contributed by atoms with van der Waals surface area (Å²) in [6.07, 6.45) is -0.654. The van der Waals surface area contributed by atoms with Crippen LogP contribution in [0.3, 0.4) is 0 Å². The Labute approximate surface area is 82.4 Å². The number of hydrogen-bond acceptors (Lipinski definition) is 4. The maximum Gasteiger partial charge on any atom is 0.295 e. The van der Waals surface area contributed by atoms with E-state index in [0.717, 1.165) is 11.3 Å². The Kier molecular flexibility index (Phi) is 3.94. The summed E-state index contributed by atoms with van der Waals surface area (Å²) in [4.78, 5) is 10.1. The highest BCUT2D eigenvalue weighted by Crippen LogP contribution is 2.20. The second-order valence-electron chi connectivity index (χ2n) is 2.57. The smallest absolute Gasteiger partial charge is 0.295 e. The Morgan fingerprint density at radius 3 is 2.29 bits per heavy atom. The van der Waals surface area contributed by atoms with Crippen LogP contribution in [-0.2, 0) is 14.3 Å². The SMILES string of the molecule is COc1ccc(C(OC)OC=O)cc1. The number of rotatable bonds is 5. The minimum atomic E-state index is -0.654. The lowest BCUT2D eigenvalue weighted by Gasteiger charge is -2.13. The molecule has 0 aromatic heterocycles. The number of carbonyl (C=O) groups is 1. The highest BCUT2D eigenvalue weighted by Gasteiger charge is 2.09. The van der Waals surface area contributed by atoms with E-state index in [1.54, 1.807) is 31.4 Å². The molecule has 1 atom stereocenters. The lowest BCUT2D eigenvalue weighted by atomic mass is 10.2. The van der Waals surface area contributed by atoms with E-state index in [-0.39, 0.29) is 0 Å². The first-order chi connectivity index (χ1) is 6.81. The van der Waals surface area contributed by atoms with Crippen molar-refractivity contribution in [2.24, 2.45) is 0 Å². The summed E-state index contributed by atoms with van der Waals surface area (Å²) in [5.74, 6) is 0.745. The lowest BCUT2D eigenvalue weighted by Crippen LogP contribution is -2.05. The van der Waals surface area contributed by atoms with Crippen LogP contribution < -0.4 is 4.74 Å². The second-order valence-corrected chi connectivity index (χ2v) is 2.57. The first-order valence-electron chi connectivity index (χ1n) is 4.07. The Morgan fingerprint density at radius 2 is 1.86 bits per heavy atom. The molecular weight excluding hydrogens is 184 g/mol. The van der Waals surface area contributed by atoms with Gasteiger partial charge in [-0.1, -0.05) is 0 Å². The van der Waals surface area contributed by atoms with E-state index in [1.807, 2.05) is 0 Å². The van der Waals surface area contributed by atoms with E-state index in [9.17, 15) is 4.79 Å². The van der Waals surface area contributed by atoms with Gasteiger partial charge in [-0.25, -0.2) is 0 Å². The third-order valence-corrected chi connectivity index (χ3v) is 1.78. The molecule has 4 heteroatoms. The van der Waals surface area contributed by atoms with Crippen molar-refractivity contribution in [1.29, 1.82) is 0 Å². The van der Waals surface area contributed by atoms with Gasteiger partial charge in [-0.3, -0.25) is 4.79 Å². The Bertz CT molecular complexity index is 281. The summed E-state index contributed by atoms with van der Waals surface area (Å²) >= 11 is 0. The molecule has 0 heterocycles. The van der Waals surface area contributed by atoms with E-state index in [4.69, 9.17) is 14.2 Å². The largest absolute Gasteiger partial charge is 0.497 e. The van der Waals surface area contributed by atoms with Crippen LogP contribution >= 0.6 is 0 Å². The fourth-order valence-electron chi connectivity index (χ4n) is 1.08. The molecule has 0 fully saturated rings. The molecule has 0 spiro atoms. The molecule has 1 unspecified atom stereocenters. The average molecular weight is 196 g/mol. The number of ether oxygens (including phenoxy) is 3. The monoisotopic (exact) mass is 196 g/mol. The zero-order valence-electron chi connectivity index (χ0n) is 8.10. The number of methoxy groups -OCH3 is 2.